The molecule has 1 aromatic carbocycles. The third-order valence-electron chi connectivity index (χ3n) is 6.27. The van der Waals surface area contributed by atoms with Gasteiger partial charge in [0.15, 0.2) is 0 Å². The zero-order valence-corrected chi connectivity index (χ0v) is 17.0. The molecule has 152 valence electrons. The quantitative estimate of drug-likeness (QED) is 0.837. The number of hydrogen-bond acceptors (Lipinski definition) is 4. The summed E-state index contributed by atoms with van der Waals surface area (Å²) in [5.74, 6) is 0.331. The average molecular weight is 406 g/mol. The first-order chi connectivity index (χ1) is 13.5. The van der Waals surface area contributed by atoms with Gasteiger partial charge in [-0.05, 0) is 69.9 Å². The van der Waals surface area contributed by atoms with Gasteiger partial charge in [-0.1, -0.05) is 17.7 Å². The summed E-state index contributed by atoms with van der Waals surface area (Å²) >= 11 is 6.02. The number of likely N-dealkylation sites (tertiary alicyclic amines) is 2. The van der Waals surface area contributed by atoms with Gasteiger partial charge < -0.3 is 19.9 Å². The van der Waals surface area contributed by atoms with Crippen molar-refractivity contribution in [3.63, 3.8) is 0 Å². The summed E-state index contributed by atoms with van der Waals surface area (Å²) < 4.78 is 6.09. The number of carbonyl (C=O) groups is 2. The zero-order valence-electron chi connectivity index (χ0n) is 16.3. The molecule has 7 heteroatoms. The fourth-order valence-electron chi connectivity index (χ4n) is 4.53. The summed E-state index contributed by atoms with van der Waals surface area (Å²) in [6, 6.07) is 7.28. The number of halogens is 1. The molecule has 0 radical (unpaired) electrons. The Balaban J connectivity index is 1.32. The van der Waals surface area contributed by atoms with E-state index in [0.717, 1.165) is 38.8 Å². The molecule has 6 nitrogen and oxygen atoms in total. The molecule has 0 spiro atoms. The molecule has 3 aliphatic rings. The van der Waals surface area contributed by atoms with E-state index >= 15 is 0 Å². The number of carbonyl (C=O) groups excluding carboxylic acids is 2. The number of fused-ring (bicyclic) bond motifs is 1. The Labute approximate surface area is 171 Å². The van der Waals surface area contributed by atoms with E-state index in [1.165, 1.54) is 0 Å². The molecular formula is C21H28ClN3O3. The number of nitrogens with one attached hydrogen (secondary N) is 1. The van der Waals surface area contributed by atoms with Gasteiger partial charge in [0.1, 0.15) is 6.10 Å². The van der Waals surface area contributed by atoms with Crippen molar-refractivity contribution in [2.75, 3.05) is 33.2 Å². The van der Waals surface area contributed by atoms with Crippen molar-refractivity contribution in [2.24, 2.45) is 5.92 Å². The number of benzene rings is 1. The normalized spacial score (nSPS) is 28.8. The molecule has 0 bridgehead atoms. The minimum atomic E-state index is -0.393. The van der Waals surface area contributed by atoms with Gasteiger partial charge >= 0.3 is 0 Å². The van der Waals surface area contributed by atoms with Crippen molar-refractivity contribution < 1.29 is 14.3 Å². The smallest absolute Gasteiger partial charge is 0.253 e. The van der Waals surface area contributed by atoms with Crippen LogP contribution in [0.1, 0.15) is 36.0 Å². The monoisotopic (exact) mass is 405 g/mol. The van der Waals surface area contributed by atoms with E-state index in [2.05, 4.69) is 17.3 Å². The molecule has 3 atom stereocenters. The SMILES string of the molecule is CN1CCC(NC(=O)[C@H]2C[C@@H]3CCN(C(=O)c4cccc(Cl)c4)C[C@@H]3O2)CC1. The molecule has 3 heterocycles. The third-order valence-corrected chi connectivity index (χ3v) is 6.50. The van der Waals surface area contributed by atoms with Crippen LogP contribution in [0.25, 0.3) is 0 Å². The maximum atomic E-state index is 12.8. The topological polar surface area (TPSA) is 61.9 Å². The molecule has 1 aromatic rings. The van der Waals surface area contributed by atoms with E-state index in [9.17, 15) is 9.59 Å². The summed E-state index contributed by atoms with van der Waals surface area (Å²) in [5, 5.41) is 3.73. The van der Waals surface area contributed by atoms with E-state index < -0.39 is 6.10 Å². The highest BCUT2D eigenvalue weighted by atomic mass is 35.5. The van der Waals surface area contributed by atoms with Gasteiger partial charge in [-0.25, -0.2) is 0 Å². The van der Waals surface area contributed by atoms with Gasteiger partial charge in [-0.15, -0.1) is 0 Å². The van der Waals surface area contributed by atoms with E-state index in [4.69, 9.17) is 16.3 Å². The Morgan fingerprint density at radius 1 is 1.18 bits per heavy atom. The number of nitrogens with zero attached hydrogens (tertiary/aromatic N) is 2. The van der Waals surface area contributed by atoms with Gasteiger partial charge in [-0.2, -0.15) is 0 Å². The number of piperidine rings is 2. The molecule has 28 heavy (non-hydrogen) atoms. The highest BCUT2D eigenvalue weighted by Gasteiger charge is 2.43. The van der Waals surface area contributed by atoms with Crippen LogP contribution < -0.4 is 5.32 Å². The molecule has 3 fully saturated rings. The van der Waals surface area contributed by atoms with Crippen LogP contribution in [0.5, 0.6) is 0 Å². The van der Waals surface area contributed by atoms with Crippen LogP contribution in [0, 0.1) is 5.92 Å². The Morgan fingerprint density at radius 3 is 2.71 bits per heavy atom. The van der Waals surface area contributed by atoms with Gasteiger partial charge in [0.2, 0.25) is 5.91 Å². The van der Waals surface area contributed by atoms with Gasteiger partial charge in [0.25, 0.3) is 5.91 Å². The summed E-state index contributed by atoms with van der Waals surface area (Å²) in [6.45, 7) is 3.26. The summed E-state index contributed by atoms with van der Waals surface area (Å²) in [6.07, 6.45) is 3.14. The molecule has 1 N–H and O–H groups in total. The summed E-state index contributed by atoms with van der Waals surface area (Å²) in [4.78, 5) is 29.6. The zero-order chi connectivity index (χ0) is 19.7. The van der Waals surface area contributed by atoms with Crippen molar-refractivity contribution in [3.05, 3.63) is 34.9 Å². The molecule has 3 saturated heterocycles. The minimum absolute atomic E-state index is 0.0108. The maximum absolute atomic E-state index is 12.8. The first kappa shape index (κ1) is 19.7. The lowest BCUT2D eigenvalue weighted by Crippen LogP contribution is -2.47. The van der Waals surface area contributed by atoms with Gasteiger partial charge in [0, 0.05) is 29.7 Å². The molecule has 0 unspecified atom stereocenters. The second-order valence-corrected chi connectivity index (χ2v) is 8.73. The second-order valence-electron chi connectivity index (χ2n) is 8.30. The maximum Gasteiger partial charge on any atom is 0.253 e. The standard InChI is InChI=1S/C21H28ClN3O3/c1-24-8-6-17(7-9-24)23-20(26)18-12-14-5-10-25(13-19(14)28-18)21(27)15-3-2-4-16(22)11-15/h2-4,11,14,17-19H,5-10,12-13H2,1H3,(H,23,26)/t14-,18+,19-/m0/s1. The Morgan fingerprint density at radius 2 is 1.96 bits per heavy atom. The van der Waals surface area contributed by atoms with E-state index in [1.54, 1.807) is 24.3 Å². The van der Waals surface area contributed by atoms with Gasteiger partial charge in [-0.3, -0.25) is 9.59 Å². The van der Waals surface area contributed by atoms with Crippen molar-refractivity contribution in [1.82, 2.24) is 15.1 Å². The molecular weight excluding hydrogens is 378 g/mol. The number of hydrogen-bond donors (Lipinski definition) is 1. The number of amides is 2. The van der Waals surface area contributed by atoms with E-state index in [0.29, 0.717) is 29.6 Å². The van der Waals surface area contributed by atoms with Crippen LogP contribution in [-0.2, 0) is 9.53 Å². The highest BCUT2D eigenvalue weighted by Crippen LogP contribution is 2.34. The summed E-state index contributed by atoms with van der Waals surface area (Å²) in [7, 11) is 2.11. The van der Waals surface area contributed by atoms with Crippen molar-refractivity contribution in [2.45, 2.75) is 43.9 Å². The fraction of sp³-hybridized carbons (Fsp3) is 0.619. The number of rotatable bonds is 3. The van der Waals surface area contributed by atoms with Crippen LogP contribution >= 0.6 is 11.6 Å². The lowest BCUT2D eigenvalue weighted by molar-refractivity contribution is -0.133. The van der Waals surface area contributed by atoms with Crippen molar-refractivity contribution in [3.8, 4) is 0 Å². The molecule has 4 rings (SSSR count). The lowest BCUT2D eigenvalue weighted by atomic mass is 9.91. The first-order valence-corrected chi connectivity index (χ1v) is 10.6. The predicted octanol–water partition coefficient (Wildman–Crippen LogP) is 2.17. The third kappa shape index (κ3) is 4.34. The molecule has 0 aromatic heterocycles. The average Bonchev–Trinajstić information content (AvgIpc) is 3.12. The predicted molar refractivity (Wildman–Crippen MR) is 107 cm³/mol. The molecule has 0 aliphatic carbocycles. The Hall–Kier alpha value is -1.63. The first-order valence-electron chi connectivity index (χ1n) is 10.2. The largest absolute Gasteiger partial charge is 0.363 e. The molecule has 3 aliphatic heterocycles. The summed E-state index contributed by atoms with van der Waals surface area (Å²) in [5.41, 5.74) is 0.598. The van der Waals surface area contributed by atoms with Crippen LogP contribution in [0.2, 0.25) is 5.02 Å². The molecule has 2 amide bonds. The van der Waals surface area contributed by atoms with Crippen LogP contribution in [0.3, 0.4) is 0 Å². The van der Waals surface area contributed by atoms with E-state index in [-0.39, 0.29) is 24.0 Å². The van der Waals surface area contributed by atoms with Crippen LogP contribution in [0.4, 0.5) is 0 Å². The highest BCUT2D eigenvalue weighted by molar-refractivity contribution is 6.30. The minimum Gasteiger partial charge on any atom is -0.363 e. The van der Waals surface area contributed by atoms with E-state index in [1.807, 2.05) is 4.90 Å². The van der Waals surface area contributed by atoms with Gasteiger partial charge in [0.05, 0.1) is 6.10 Å². The van der Waals surface area contributed by atoms with Crippen molar-refractivity contribution >= 4 is 23.4 Å². The number of ether oxygens (including phenoxy) is 1. The van der Waals surface area contributed by atoms with Crippen LogP contribution in [-0.4, -0.2) is 73.1 Å². The Bertz CT molecular complexity index is 735. The second kappa shape index (κ2) is 8.39. The lowest BCUT2D eigenvalue weighted by Gasteiger charge is -2.34. The van der Waals surface area contributed by atoms with Crippen molar-refractivity contribution in [1.29, 1.82) is 0 Å². The van der Waals surface area contributed by atoms with Crippen LogP contribution in [0.15, 0.2) is 24.3 Å². The molecule has 0 saturated carbocycles. The fourth-order valence-corrected chi connectivity index (χ4v) is 4.73. The Kier molecular flexibility index (Phi) is 5.90.